The monoisotopic (exact) mass is 466 g/mol. The molecule has 2 aromatic carbocycles. The SMILES string of the molecule is CC[C@@H](C)c1ccc(NC(=O)[C@@H](C)OC(=O)c2cc(S(=O)(=O)N(C)C)ccc2Cl)cc1. The van der Waals surface area contributed by atoms with Crippen LogP contribution in [-0.4, -0.2) is 44.8 Å². The van der Waals surface area contributed by atoms with Crippen LogP contribution in [0.3, 0.4) is 0 Å². The van der Waals surface area contributed by atoms with E-state index in [1.807, 2.05) is 12.1 Å². The number of benzene rings is 2. The molecule has 0 bridgehead atoms. The average molecular weight is 467 g/mol. The number of ether oxygens (including phenoxy) is 1. The molecule has 2 aromatic rings. The van der Waals surface area contributed by atoms with Gasteiger partial charge in [0, 0.05) is 19.8 Å². The highest BCUT2D eigenvalue weighted by Gasteiger charge is 2.24. The maximum atomic E-state index is 12.5. The van der Waals surface area contributed by atoms with Gasteiger partial charge in [-0.3, -0.25) is 4.79 Å². The predicted octanol–water partition coefficient (Wildman–Crippen LogP) is 4.29. The fourth-order valence-corrected chi connectivity index (χ4v) is 3.81. The molecule has 0 aliphatic heterocycles. The van der Waals surface area contributed by atoms with Crippen LogP contribution in [0, 0.1) is 0 Å². The molecule has 0 aromatic heterocycles. The van der Waals surface area contributed by atoms with Crippen LogP contribution in [0.5, 0.6) is 0 Å². The second kappa shape index (κ2) is 10.3. The van der Waals surface area contributed by atoms with Gasteiger partial charge in [0.05, 0.1) is 15.5 Å². The van der Waals surface area contributed by atoms with Crippen molar-refractivity contribution in [1.82, 2.24) is 4.31 Å². The van der Waals surface area contributed by atoms with E-state index in [2.05, 4.69) is 19.2 Å². The molecular formula is C22H27ClN2O5S. The topological polar surface area (TPSA) is 92.8 Å². The summed E-state index contributed by atoms with van der Waals surface area (Å²) in [5.74, 6) is -0.991. The van der Waals surface area contributed by atoms with Crippen molar-refractivity contribution >= 4 is 39.2 Å². The molecule has 0 aliphatic rings. The number of amides is 1. The van der Waals surface area contributed by atoms with Gasteiger partial charge < -0.3 is 10.1 Å². The van der Waals surface area contributed by atoms with Gasteiger partial charge in [-0.2, -0.15) is 0 Å². The molecule has 0 saturated heterocycles. The Hall–Kier alpha value is -2.42. The van der Waals surface area contributed by atoms with Gasteiger partial charge in [0.25, 0.3) is 5.91 Å². The minimum Gasteiger partial charge on any atom is -0.449 e. The third-order valence-electron chi connectivity index (χ3n) is 4.95. The molecular weight excluding hydrogens is 440 g/mol. The Labute approximate surface area is 188 Å². The van der Waals surface area contributed by atoms with E-state index in [1.165, 1.54) is 38.7 Å². The lowest BCUT2D eigenvalue weighted by atomic mass is 9.99. The summed E-state index contributed by atoms with van der Waals surface area (Å²) >= 11 is 6.06. The highest BCUT2D eigenvalue weighted by atomic mass is 35.5. The van der Waals surface area contributed by atoms with E-state index in [9.17, 15) is 18.0 Å². The lowest BCUT2D eigenvalue weighted by Crippen LogP contribution is -2.30. The number of carbonyl (C=O) groups excluding carboxylic acids is 2. The molecule has 0 saturated carbocycles. The molecule has 0 unspecified atom stereocenters. The maximum absolute atomic E-state index is 12.5. The number of nitrogens with zero attached hydrogens (tertiary/aromatic N) is 1. The molecule has 1 N–H and O–H groups in total. The summed E-state index contributed by atoms with van der Waals surface area (Å²) in [6.45, 7) is 5.66. The number of carbonyl (C=O) groups is 2. The summed E-state index contributed by atoms with van der Waals surface area (Å²) in [7, 11) is -1.00. The van der Waals surface area contributed by atoms with E-state index in [4.69, 9.17) is 16.3 Å². The molecule has 0 radical (unpaired) electrons. The number of anilines is 1. The van der Waals surface area contributed by atoms with Crippen molar-refractivity contribution in [2.75, 3.05) is 19.4 Å². The number of hydrogen-bond acceptors (Lipinski definition) is 5. The fourth-order valence-electron chi connectivity index (χ4n) is 2.68. The molecule has 9 heteroatoms. The minimum absolute atomic E-state index is 0.0240. The van der Waals surface area contributed by atoms with E-state index in [0.29, 0.717) is 11.6 Å². The van der Waals surface area contributed by atoms with E-state index >= 15 is 0 Å². The van der Waals surface area contributed by atoms with Crippen LogP contribution < -0.4 is 5.32 Å². The minimum atomic E-state index is -3.76. The molecule has 168 valence electrons. The van der Waals surface area contributed by atoms with E-state index < -0.39 is 28.0 Å². The van der Waals surface area contributed by atoms with Gasteiger partial charge in [-0.15, -0.1) is 0 Å². The summed E-state index contributed by atoms with van der Waals surface area (Å²) in [4.78, 5) is 24.9. The average Bonchev–Trinajstić information content (AvgIpc) is 2.73. The van der Waals surface area contributed by atoms with Crippen LogP contribution in [0.4, 0.5) is 5.69 Å². The van der Waals surface area contributed by atoms with E-state index in [-0.39, 0.29) is 15.5 Å². The summed E-state index contributed by atoms with van der Waals surface area (Å²) in [6.07, 6.45) is -0.106. The zero-order chi connectivity index (χ0) is 23.3. The van der Waals surface area contributed by atoms with Crippen LogP contribution in [-0.2, 0) is 19.6 Å². The van der Waals surface area contributed by atoms with E-state index in [1.54, 1.807) is 12.1 Å². The van der Waals surface area contributed by atoms with Crippen LogP contribution in [0.1, 0.15) is 49.0 Å². The second-order valence-electron chi connectivity index (χ2n) is 7.40. The second-order valence-corrected chi connectivity index (χ2v) is 9.96. The largest absolute Gasteiger partial charge is 0.449 e. The molecule has 0 aliphatic carbocycles. The number of hydrogen-bond donors (Lipinski definition) is 1. The predicted molar refractivity (Wildman–Crippen MR) is 121 cm³/mol. The number of rotatable bonds is 8. The lowest BCUT2D eigenvalue weighted by Gasteiger charge is -2.16. The van der Waals surface area contributed by atoms with Crippen molar-refractivity contribution in [2.45, 2.75) is 44.1 Å². The van der Waals surface area contributed by atoms with Gasteiger partial charge in [0.15, 0.2) is 6.10 Å². The van der Waals surface area contributed by atoms with Crippen molar-refractivity contribution in [1.29, 1.82) is 0 Å². The Bertz CT molecular complexity index is 1050. The number of nitrogens with one attached hydrogen (secondary N) is 1. The van der Waals surface area contributed by atoms with Gasteiger partial charge in [0.2, 0.25) is 10.0 Å². The molecule has 0 heterocycles. The highest BCUT2D eigenvalue weighted by molar-refractivity contribution is 7.89. The van der Waals surface area contributed by atoms with Crippen LogP contribution >= 0.6 is 11.6 Å². The normalized spacial score (nSPS) is 13.5. The van der Waals surface area contributed by atoms with Gasteiger partial charge in [0.1, 0.15) is 0 Å². The summed E-state index contributed by atoms with van der Waals surface area (Å²) in [5.41, 5.74) is 1.61. The smallest absolute Gasteiger partial charge is 0.340 e. The lowest BCUT2D eigenvalue weighted by molar-refractivity contribution is -0.123. The summed E-state index contributed by atoms with van der Waals surface area (Å²) in [5, 5.41) is 2.72. The molecule has 7 nitrogen and oxygen atoms in total. The van der Waals surface area contributed by atoms with Crippen molar-refractivity contribution in [3.05, 3.63) is 58.6 Å². The Kier molecular flexibility index (Phi) is 8.22. The van der Waals surface area contributed by atoms with Gasteiger partial charge in [-0.1, -0.05) is 37.6 Å². The van der Waals surface area contributed by atoms with Crippen LogP contribution in [0.2, 0.25) is 5.02 Å². The zero-order valence-electron chi connectivity index (χ0n) is 18.2. The highest BCUT2D eigenvalue weighted by Crippen LogP contribution is 2.24. The van der Waals surface area contributed by atoms with Gasteiger partial charge >= 0.3 is 5.97 Å². The van der Waals surface area contributed by atoms with Gasteiger partial charge in [-0.05, 0) is 55.2 Å². The molecule has 31 heavy (non-hydrogen) atoms. The molecule has 0 fully saturated rings. The third-order valence-corrected chi connectivity index (χ3v) is 7.09. The fraction of sp³-hybridized carbons (Fsp3) is 0.364. The Morgan fingerprint density at radius 2 is 1.71 bits per heavy atom. The molecule has 2 atom stereocenters. The first-order valence-corrected chi connectivity index (χ1v) is 11.6. The first kappa shape index (κ1) is 24.8. The van der Waals surface area contributed by atoms with Crippen LogP contribution in [0.15, 0.2) is 47.4 Å². The molecule has 0 spiro atoms. The molecule has 2 rings (SSSR count). The van der Waals surface area contributed by atoms with Crippen molar-refractivity contribution in [2.24, 2.45) is 0 Å². The zero-order valence-corrected chi connectivity index (χ0v) is 19.8. The number of halogens is 1. The van der Waals surface area contributed by atoms with Crippen LogP contribution in [0.25, 0.3) is 0 Å². The standard InChI is InChI=1S/C22H27ClN2O5S/c1-6-14(2)16-7-9-17(10-8-16)24-21(26)15(3)30-22(27)19-13-18(11-12-20(19)23)31(28,29)25(4)5/h7-15H,6H2,1-5H3,(H,24,26)/t14-,15-/m1/s1. The van der Waals surface area contributed by atoms with E-state index in [0.717, 1.165) is 16.8 Å². The first-order chi connectivity index (χ1) is 14.5. The van der Waals surface area contributed by atoms with Crippen molar-refractivity contribution in [3.8, 4) is 0 Å². The molecule has 1 amide bonds. The maximum Gasteiger partial charge on any atom is 0.340 e. The number of sulfonamides is 1. The first-order valence-electron chi connectivity index (χ1n) is 9.81. The third kappa shape index (κ3) is 6.06. The Balaban J connectivity index is 2.10. The van der Waals surface area contributed by atoms with Crippen molar-refractivity contribution < 1.29 is 22.7 Å². The summed E-state index contributed by atoms with van der Waals surface area (Å²) < 4.78 is 30.8. The Morgan fingerprint density at radius 1 is 1.10 bits per heavy atom. The number of esters is 1. The quantitative estimate of drug-likeness (QED) is 0.586. The Morgan fingerprint density at radius 3 is 2.26 bits per heavy atom. The van der Waals surface area contributed by atoms with Crippen molar-refractivity contribution in [3.63, 3.8) is 0 Å². The van der Waals surface area contributed by atoms with Gasteiger partial charge in [-0.25, -0.2) is 17.5 Å². The summed E-state index contributed by atoms with van der Waals surface area (Å²) in [6, 6.07) is 11.2.